The van der Waals surface area contributed by atoms with Gasteiger partial charge in [-0.3, -0.25) is 4.79 Å². The van der Waals surface area contributed by atoms with E-state index in [4.69, 9.17) is 15.9 Å². The molecular weight excluding hydrogens is 230 g/mol. The summed E-state index contributed by atoms with van der Waals surface area (Å²) in [6.07, 6.45) is 5.69. The first-order valence-electron chi connectivity index (χ1n) is 5.75. The van der Waals surface area contributed by atoms with Crippen LogP contribution in [0, 0.1) is 12.3 Å². The standard InChI is InChI=1S/C14H15NO3/c1-3-6-18-13-7-10(4-5-12(13)17-2)11-8-14(16)15-9-11/h1,4-5,7,11H,6,8-9H2,2H3,(H,15,16). The summed E-state index contributed by atoms with van der Waals surface area (Å²) in [6.45, 7) is 0.863. The number of nitrogens with one attached hydrogen (secondary N) is 1. The molecular formula is C14H15NO3. The van der Waals surface area contributed by atoms with E-state index in [1.165, 1.54) is 0 Å². The van der Waals surface area contributed by atoms with Gasteiger partial charge in [-0.1, -0.05) is 12.0 Å². The second-order valence-corrected chi connectivity index (χ2v) is 4.11. The number of terminal acetylenes is 1. The van der Waals surface area contributed by atoms with Gasteiger partial charge in [0, 0.05) is 18.9 Å². The van der Waals surface area contributed by atoms with Crippen molar-refractivity contribution in [1.82, 2.24) is 5.32 Å². The lowest BCUT2D eigenvalue weighted by Gasteiger charge is -2.13. The van der Waals surface area contributed by atoms with Crippen molar-refractivity contribution in [3.05, 3.63) is 23.8 Å². The van der Waals surface area contributed by atoms with Crippen LogP contribution in [0.3, 0.4) is 0 Å². The van der Waals surface area contributed by atoms with Crippen LogP contribution in [0.5, 0.6) is 11.5 Å². The minimum Gasteiger partial charge on any atom is -0.493 e. The molecule has 1 fully saturated rings. The van der Waals surface area contributed by atoms with E-state index in [1.807, 2.05) is 18.2 Å². The normalized spacial score (nSPS) is 18.0. The topological polar surface area (TPSA) is 47.6 Å². The third-order valence-corrected chi connectivity index (χ3v) is 2.95. The number of carbonyl (C=O) groups is 1. The predicted octanol–water partition coefficient (Wildman–Crippen LogP) is 1.31. The van der Waals surface area contributed by atoms with Crippen molar-refractivity contribution in [3.8, 4) is 23.8 Å². The van der Waals surface area contributed by atoms with Gasteiger partial charge in [0.1, 0.15) is 6.61 Å². The zero-order chi connectivity index (χ0) is 13.0. The molecule has 1 amide bonds. The highest BCUT2D eigenvalue weighted by Gasteiger charge is 2.23. The van der Waals surface area contributed by atoms with Crippen LogP contribution >= 0.6 is 0 Å². The van der Waals surface area contributed by atoms with Crippen molar-refractivity contribution >= 4 is 5.91 Å². The van der Waals surface area contributed by atoms with E-state index in [2.05, 4.69) is 11.2 Å². The van der Waals surface area contributed by atoms with Crippen molar-refractivity contribution < 1.29 is 14.3 Å². The Morgan fingerprint density at radius 3 is 2.94 bits per heavy atom. The second-order valence-electron chi connectivity index (χ2n) is 4.11. The van der Waals surface area contributed by atoms with Crippen LogP contribution < -0.4 is 14.8 Å². The molecule has 1 aromatic carbocycles. The van der Waals surface area contributed by atoms with Crippen LogP contribution in [0.4, 0.5) is 0 Å². The summed E-state index contributed by atoms with van der Waals surface area (Å²) in [5, 5.41) is 2.82. The molecule has 1 aromatic rings. The summed E-state index contributed by atoms with van der Waals surface area (Å²) in [5.74, 6) is 3.96. The predicted molar refractivity (Wildman–Crippen MR) is 67.7 cm³/mol. The molecule has 0 aromatic heterocycles. The van der Waals surface area contributed by atoms with Crippen molar-refractivity contribution in [2.45, 2.75) is 12.3 Å². The molecule has 0 spiro atoms. The highest BCUT2D eigenvalue weighted by Crippen LogP contribution is 2.32. The fraction of sp³-hybridized carbons (Fsp3) is 0.357. The number of methoxy groups -OCH3 is 1. The maximum absolute atomic E-state index is 11.2. The SMILES string of the molecule is C#CCOc1cc(C2CNC(=O)C2)ccc1OC. The fourth-order valence-electron chi connectivity index (χ4n) is 2.02. The van der Waals surface area contributed by atoms with Gasteiger partial charge in [0.05, 0.1) is 7.11 Å². The highest BCUT2D eigenvalue weighted by atomic mass is 16.5. The molecule has 18 heavy (non-hydrogen) atoms. The summed E-state index contributed by atoms with van der Waals surface area (Å²) in [7, 11) is 1.58. The number of carbonyl (C=O) groups excluding carboxylic acids is 1. The third kappa shape index (κ3) is 2.57. The van der Waals surface area contributed by atoms with Gasteiger partial charge in [0.2, 0.25) is 5.91 Å². The van der Waals surface area contributed by atoms with Crippen LogP contribution in [-0.2, 0) is 4.79 Å². The first kappa shape index (κ1) is 12.3. The van der Waals surface area contributed by atoms with Crippen molar-refractivity contribution in [2.24, 2.45) is 0 Å². The molecule has 4 heteroatoms. The summed E-state index contributed by atoms with van der Waals surface area (Å²) >= 11 is 0. The van der Waals surface area contributed by atoms with Crippen LogP contribution in [0.2, 0.25) is 0 Å². The summed E-state index contributed by atoms with van der Waals surface area (Å²) in [4.78, 5) is 11.2. The van der Waals surface area contributed by atoms with Gasteiger partial charge < -0.3 is 14.8 Å². The van der Waals surface area contributed by atoms with E-state index < -0.39 is 0 Å². The largest absolute Gasteiger partial charge is 0.493 e. The van der Waals surface area contributed by atoms with E-state index >= 15 is 0 Å². The maximum Gasteiger partial charge on any atom is 0.220 e. The Kier molecular flexibility index (Phi) is 3.73. The first-order chi connectivity index (χ1) is 8.74. The molecule has 1 atom stereocenters. The number of hydrogen-bond donors (Lipinski definition) is 1. The Labute approximate surface area is 106 Å². The summed E-state index contributed by atoms with van der Waals surface area (Å²) < 4.78 is 10.6. The lowest BCUT2D eigenvalue weighted by molar-refractivity contribution is -0.119. The minimum atomic E-state index is 0.0851. The molecule has 94 valence electrons. The summed E-state index contributed by atoms with van der Waals surface area (Å²) in [6, 6.07) is 5.68. The van der Waals surface area contributed by atoms with Crippen molar-refractivity contribution in [3.63, 3.8) is 0 Å². The van der Waals surface area contributed by atoms with Crippen LogP contribution in [0.25, 0.3) is 0 Å². The van der Waals surface area contributed by atoms with Gasteiger partial charge in [-0.15, -0.1) is 6.42 Å². The van der Waals surface area contributed by atoms with E-state index in [-0.39, 0.29) is 18.4 Å². The average Bonchev–Trinajstić information content (AvgIpc) is 2.82. The first-order valence-corrected chi connectivity index (χ1v) is 5.75. The van der Waals surface area contributed by atoms with Gasteiger partial charge in [0.25, 0.3) is 0 Å². The van der Waals surface area contributed by atoms with E-state index in [0.717, 1.165) is 5.56 Å². The van der Waals surface area contributed by atoms with E-state index in [0.29, 0.717) is 24.5 Å². The molecule has 0 aliphatic carbocycles. The second kappa shape index (κ2) is 5.46. The molecule has 0 bridgehead atoms. The molecule has 1 saturated heterocycles. The molecule has 1 aliphatic heterocycles. The number of hydrogen-bond acceptors (Lipinski definition) is 3. The number of rotatable bonds is 4. The Hall–Kier alpha value is -2.15. The van der Waals surface area contributed by atoms with Gasteiger partial charge >= 0.3 is 0 Å². The monoisotopic (exact) mass is 245 g/mol. The van der Waals surface area contributed by atoms with Gasteiger partial charge in [-0.2, -0.15) is 0 Å². The third-order valence-electron chi connectivity index (χ3n) is 2.95. The molecule has 0 saturated carbocycles. The average molecular weight is 245 g/mol. The lowest BCUT2D eigenvalue weighted by atomic mass is 9.98. The van der Waals surface area contributed by atoms with Gasteiger partial charge in [-0.05, 0) is 17.7 Å². The van der Waals surface area contributed by atoms with E-state index in [1.54, 1.807) is 7.11 Å². The zero-order valence-corrected chi connectivity index (χ0v) is 10.2. The quantitative estimate of drug-likeness (QED) is 0.814. The Balaban J connectivity index is 2.22. The van der Waals surface area contributed by atoms with Crippen LogP contribution in [0.15, 0.2) is 18.2 Å². The minimum absolute atomic E-state index is 0.0851. The van der Waals surface area contributed by atoms with Crippen LogP contribution in [0.1, 0.15) is 17.9 Å². The smallest absolute Gasteiger partial charge is 0.220 e. The molecule has 1 heterocycles. The number of ether oxygens (including phenoxy) is 2. The zero-order valence-electron chi connectivity index (χ0n) is 10.2. The molecule has 0 radical (unpaired) electrons. The van der Waals surface area contributed by atoms with Crippen LogP contribution in [-0.4, -0.2) is 26.2 Å². The maximum atomic E-state index is 11.2. The molecule has 1 unspecified atom stereocenters. The molecule has 2 rings (SSSR count). The highest BCUT2D eigenvalue weighted by molar-refractivity contribution is 5.79. The lowest BCUT2D eigenvalue weighted by Crippen LogP contribution is -2.13. The number of benzene rings is 1. The van der Waals surface area contributed by atoms with Gasteiger partial charge in [-0.25, -0.2) is 0 Å². The van der Waals surface area contributed by atoms with Gasteiger partial charge in [0.15, 0.2) is 11.5 Å². The molecule has 1 aliphatic rings. The summed E-state index contributed by atoms with van der Waals surface area (Å²) in [5.41, 5.74) is 1.06. The molecule has 4 nitrogen and oxygen atoms in total. The Morgan fingerprint density at radius 1 is 1.50 bits per heavy atom. The molecule has 1 N–H and O–H groups in total. The Bertz CT molecular complexity index is 490. The van der Waals surface area contributed by atoms with Crippen molar-refractivity contribution in [2.75, 3.05) is 20.3 Å². The van der Waals surface area contributed by atoms with Crippen molar-refractivity contribution in [1.29, 1.82) is 0 Å². The fourth-order valence-corrected chi connectivity index (χ4v) is 2.02. The number of amides is 1. The van der Waals surface area contributed by atoms with E-state index in [9.17, 15) is 4.79 Å². The Morgan fingerprint density at radius 2 is 2.33 bits per heavy atom.